The lowest BCUT2D eigenvalue weighted by Gasteiger charge is -2.26. The highest BCUT2D eigenvalue weighted by Crippen LogP contribution is 2.43. The monoisotopic (exact) mass is 699 g/mol. The van der Waals surface area contributed by atoms with Crippen LogP contribution in [0.5, 0.6) is 0 Å². The second-order valence-corrected chi connectivity index (χ2v) is 15.5. The molecule has 0 radical (unpaired) electrons. The minimum absolute atomic E-state index is 0.878. The van der Waals surface area contributed by atoms with E-state index in [2.05, 4.69) is 169 Å². The van der Waals surface area contributed by atoms with E-state index in [1.807, 2.05) is 34.8 Å². The number of hydrogen-bond acceptors (Lipinski definition) is 4. The number of rotatable bonds is 5. The van der Waals surface area contributed by atoms with Gasteiger partial charge in [0.25, 0.3) is 0 Å². The van der Waals surface area contributed by atoms with Crippen molar-refractivity contribution in [2.45, 2.75) is 0 Å². The van der Waals surface area contributed by atoms with E-state index >= 15 is 0 Å². The largest absolute Gasteiger partial charge is 0.456 e. The molecule has 0 unspecified atom stereocenters. The van der Waals surface area contributed by atoms with Gasteiger partial charge in [-0.2, -0.15) is 0 Å². The van der Waals surface area contributed by atoms with Crippen LogP contribution in [0.3, 0.4) is 0 Å². The highest BCUT2D eigenvalue weighted by Gasteiger charge is 2.18. The summed E-state index contributed by atoms with van der Waals surface area (Å²) in [5.74, 6) is 0. The number of hydrogen-bond donors (Lipinski definition) is 0. The molecule has 11 aromatic rings. The zero-order valence-corrected chi connectivity index (χ0v) is 29.5. The van der Waals surface area contributed by atoms with Crippen molar-refractivity contribution in [3.05, 3.63) is 176 Å². The summed E-state index contributed by atoms with van der Waals surface area (Å²) in [5, 5.41) is 7.53. The summed E-state index contributed by atoms with van der Waals surface area (Å²) in [7, 11) is 0. The molecule has 0 aliphatic heterocycles. The average molecular weight is 700 g/mol. The van der Waals surface area contributed by atoms with Crippen LogP contribution in [0.4, 0.5) is 17.1 Å². The Morgan fingerprint density at radius 3 is 1.83 bits per heavy atom. The fraction of sp³-hybridized carbons (Fsp3) is 0. The van der Waals surface area contributed by atoms with Gasteiger partial charge >= 0.3 is 0 Å². The van der Waals surface area contributed by atoms with Gasteiger partial charge in [-0.25, -0.2) is 0 Å². The summed E-state index contributed by atoms with van der Waals surface area (Å²) in [6.45, 7) is 0. The highest BCUT2D eigenvalue weighted by atomic mass is 32.1. The molecule has 3 heterocycles. The number of nitrogens with zero attached hydrogens (tertiary/aromatic N) is 1. The van der Waals surface area contributed by atoms with Crippen LogP contribution in [-0.2, 0) is 0 Å². The van der Waals surface area contributed by atoms with Gasteiger partial charge in [0, 0.05) is 74.2 Å². The Morgan fingerprint density at radius 2 is 0.942 bits per heavy atom. The maximum Gasteiger partial charge on any atom is 0.137 e. The topological polar surface area (TPSA) is 16.4 Å². The molecule has 11 rings (SSSR count). The third-order valence-electron chi connectivity index (χ3n) is 10.3. The number of anilines is 3. The second kappa shape index (κ2) is 11.7. The first-order chi connectivity index (χ1) is 25.7. The molecule has 0 spiro atoms. The van der Waals surface area contributed by atoms with Crippen molar-refractivity contribution in [3.63, 3.8) is 0 Å². The van der Waals surface area contributed by atoms with Crippen molar-refractivity contribution in [3.8, 4) is 22.3 Å². The van der Waals surface area contributed by atoms with E-state index in [0.717, 1.165) is 39.0 Å². The van der Waals surface area contributed by atoms with Crippen LogP contribution in [0, 0.1) is 0 Å². The molecule has 0 fully saturated rings. The SMILES string of the molecule is c1cc(-c2ccc3c(c2)sc2ccccc23)cc(N(c2ccc(-c3cccc4sc5ccccc5c34)cc2)c2ccc3c(c2)oc2ccccc23)c1. The molecule has 4 heteroatoms. The molecule has 52 heavy (non-hydrogen) atoms. The smallest absolute Gasteiger partial charge is 0.137 e. The number of thiophene rings is 2. The first-order valence-corrected chi connectivity index (χ1v) is 19.1. The van der Waals surface area contributed by atoms with E-state index in [1.54, 1.807) is 0 Å². The second-order valence-electron chi connectivity index (χ2n) is 13.3. The van der Waals surface area contributed by atoms with Crippen molar-refractivity contribution >= 4 is 102 Å². The van der Waals surface area contributed by atoms with Crippen molar-refractivity contribution in [1.82, 2.24) is 0 Å². The lowest BCUT2D eigenvalue weighted by atomic mass is 9.99. The number of para-hydroxylation sites is 1. The number of benzene rings is 8. The maximum absolute atomic E-state index is 6.39. The molecule has 0 atom stereocenters. The van der Waals surface area contributed by atoms with Crippen LogP contribution in [0.15, 0.2) is 180 Å². The van der Waals surface area contributed by atoms with E-state index in [4.69, 9.17) is 4.42 Å². The van der Waals surface area contributed by atoms with Crippen LogP contribution in [0.1, 0.15) is 0 Å². The van der Waals surface area contributed by atoms with Crippen molar-refractivity contribution in [1.29, 1.82) is 0 Å². The number of furan rings is 1. The molecule has 0 aliphatic carbocycles. The number of fused-ring (bicyclic) bond motifs is 9. The van der Waals surface area contributed by atoms with E-state index in [1.165, 1.54) is 62.6 Å². The molecule has 8 aromatic carbocycles. The molecule has 244 valence electrons. The van der Waals surface area contributed by atoms with Gasteiger partial charge in [0.05, 0.1) is 0 Å². The molecular weight excluding hydrogens is 671 g/mol. The summed E-state index contributed by atoms with van der Waals surface area (Å²) < 4.78 is 11.7. The van der Waals surface area contributed by atoms with Gasteiger partial charge in [0.1, 0.15) is 11.2 Å². The van der Waals surface area contributed by atoms with Gasteiger partial charge in [-0.05, 0) is 89.0 Å². The predicted molar refractivity (Wildman–Crippen MR) is 225 cm³/mol. The third kappa shape index (κ3) is 4.69. The van der Waals surface area contributed by atoms with Crippen LogP contribution in [0.2, 0.25) is 0 Å². The minimum Gasteiger partial charge on any atom is -0.456 e. The van der Waals surface area contributed by atoms with Gasteiger partial charge in [0.15, 0.2) is 0 Å². The average Bonchev–Trinajstić information content (AvgIpc) is 3.89. The zero-order valence-electron chi connectivity index (χ0n) is 27.9. The summed E-state index contributed by atoms with van der Waals surface area (Å²) >= 11 is 3.72. The molecule has 3 aromatic heterocycles. The molecule has 0 saturated carbocycles. The molecule has 0 saturated heterocycles. The van der Waals surface area contributed by atoms with E-state index in [9.17, 15) is 0 Å². The Kier molecular flexibility index (Phi) is 6.63. The molecule has 0 bridgehead atoms. The summed E-state index contributed by atoms with van der Waals surface area (Å²) in [6.07, 6.45) is 0. The van der Waals surface area contributed by atoms with Gasteiger partial charge in [-0.1, -0.05) is 103 Å². The molecule has 0 amide bonds. The summed E-state index contributed by atoms with van der Waals surface area (Å²) in [4.78, 5) is 2.35. The Morgan fingerprint density at radius 1 is 0.346 bits per heavy atom. The van der Waals surface area contributed by atoms with Gasteiger partial charge in [0.2, 0.25) is 0 Å². The Balaban J connectivity index is 1.05. The summed E-state index contributed by atoms with van der Waals surface area (Å²) in [6, 6.07) is 63.7. The van der Waals surface area contributed by atoms with Crippen LogP contribution < -0.4 is 4.90 Å². The zero-order chi connectivity index (χ0) is 34.2. The quantitative estimate of drug-likeness (QED) is 0.178. The first kappa shape index (κ1) is 29.5. The molecule has 2 nitrogen and oxygen atoms in total. The fourth-order valence-corrected chi connectivity index (χ4v) is 10.1. The van der Waals surface area contributed by atoms with Crippen LogP contribution >= 0.6 is 22.7 Å². The molecule has 0 aliphatic rings. The predicted octanol–water partition coefficient (Wildman–Crippen LogP) is 15.1. The fourth-order valence-electron chi connectivity index (χ4n) is 7.84. The van der Waals surface area contributed by atoms with E-state index in [0.29, 0.717) is 0 Å². The summed E-state index contributed by atoms with van der Waals surface area (Å²) in [5.41, 5.74) is 9.84. The Bertz CT molecular complexity index is 3150. The normalized spacial score (nSPS) is 11.8. The maximum atomic E-state index is 6.39. The van der Waals surface area contributed by atoms with Crippen molar-refractivity contribution in [2.75, 3.05) is 4.90 Å². The van der Waals surface area contributed by atoms with Gasteiger partial charge in [-0.15, -0.1) is 22.7 Å². The third-order valence-corrected chi connectivity index (χ3v) is 12.5. The first-order valence-electron chi connectivity index (χ1n) is 17.5. The van der Waals surface area contributed by atoms with Crippen molar-refractivity contribution < 1.29 is 4.42 Å². The highest BCUT2D eigenvalue weighted by molar-refractivity contribution is 7.26. The Labute approximate surface area is 308 Å². The molecule has 0 N–H and O–H groups in total. The van der Waals surface area contributed by atoms with Crippen molar-refractivity contribution in [2.24, 2.45) is 0 Å². The van der Waals surface area contributed by atoms with Crippen LogP contribution in [0.25, 0.3) is 84.5 Å². The van der Waals surface area contributed by atoms with E-state index < -0.39 is 0 Å². The lowest BCUT2D eigenvalue weighted by molar-refractivity contribution is 0.669. The lowest BCUT2D eigenvalue weighted by Crippen LogP contribution is -2.10. The van der Waals surface area contributed by atoms with Gasteiger partial charge < -0.3 is 9.32 Å². The Hall–Kier alpha value is -6.20. The standard InChI is InChI=1S/C48H29NOS2/c1-4-15-42-37(11-1)38-26-24-35(29-43(38)50-42)49(33-22-19-30(20-23-33)36-14-8-18-46-48(36)41-13-3-6-17-45(41)51-46)34-10-7-9-31(27-34)32-21-25-40-39-12-2-5-16-44(39)52-47(40)28-32/h1-29H. The van der Waals surface area contributed by atoms with Gasteiger partial charge in [-0.3, -0.25) is 0 Å². The molecular formula is C48H29NOS2. The minimum atomic E-state index is 0.878. The van der Waals surface area contributed by atoms with Crippen LogP contribution in [-0.4, -0.2) is 0 Å². The van der Waals surface area contributed by atoms with E-state index in [-0.39, 0.29) is 0 Å².